The van der Waals surface area contributed by atoms with E-state index >= 15 is 0 Å². The third-order valence-corrected chi connectivity index (χ3v) is 3.86. The maximum atomic E-state index is 12.3. The fourth-order valence-corrected chi connectivity index (χ4v) is 2.76. The van der Waals surface area contributed by atoms with Gasteiger partial charge in [0.2, 0.25) is 0 Å². The highest BCUT2D eigenvalue weighted by Crippen LogP contribution is 2.26. The molecule has 3 atom stereocenters. The first-order valence-electron chi connectivity index (χ1n) is 6.36. The van der Waals surface area contributed by atoms with Crippen molar-refractivity contribution in [2.45, 2.75) is 44.8 Å². The summed E-state index contributed by atoms with van der Waals surface area (Å²) in [6, 6.07) is 0.220. The van der Waals surface area contributed by atoms with Gasteiger partial charge in [0, 0.05) is 25.7 Å². The maximum absolute atomic E-state index is 12.3. The van der Waals surface area contributed by atoms with Crippen LogP contribution in [0.2, 0.25) is 0 Å². The molecule has 0 aromatic heterocycles. The van der Waals surface area contributed by atoms with E-state index in [0.717, 1.165) is 38.8 Å². The quantitative estimate of drug-likeness (QED) is 0.756. The van der Waals surface area contributed by atoms with E-state index in [1.165, 1.54) is 0 Å². The Morgan fingerprint density at radius 1 is 1.44 bits per heavy atom. The zero-order valence-electron chi connectivity index (χ0n) is 10.0. The van der Waals surface area contributed by atoms with E-state index in [4.69, 9.17) is 10.5 Å². The number of ether oxygens (including phenoxy) is 1. The van der Waals surface area contributed by atoms with Gasteiger partial charge in [-0.15, -0.1) is 0 Å². The van der Waals surface area contributed by atoms with Gasteiger partial charge in [-0.2, -0.15) is 0 Å². The van der Waals surface area contributed by atoms with Crippen LogP contribution >= 0.6 is 0 Å². The van der Waals surface area contributed by atoms with Crippen molar-refractivity contribution in [3.8, 4) is 0 Å². The first-order chi connectivity index (χ1) is 7.74. The van der Waals surface area contributed by atoms with Crippen molar-refractivity contribution in [3.05, 3.63) is 0 Å². The van der Waals surface area contributed by atoms with Gasteiger partial charge in [-0.25, -0.2) is 0 Å². The normalized spacial score (nSPS) is 35.4. The zero-order valence-corrected chi connectivity index (χ0v) is 10.0. The van der Waals surface area contributed by atoms with E-state index in [-0.39, 0.29) is 18.1 Å². The Hall–Kier alpha value is -0.610. The molecule has 2 N–H and O–H groups in total. The molecule has 0 aromatic carbocycles. The number of nitrogens with zero attached hydrogens (tertiary/aromatic N) is 1. The average Bonchev–Trinajstić information content (AvgIpc) is 2.70. The fourth-order valence-electron chi connectivity index (χ4n) is 2.76. The van der Waals surface area contributed by atoms with Crippen LogP contribution in [0.15, 0.2) is 0 Å². The van der Waals surface area contributed by atoms with Crippen LogP contribution in [0.25, 0.3) is 0 Å². The van der Waals surface area contributed by atoms with Gasteiger partial charge in [0.25, 0.3) is 5.91 Å². The smallest absolute Gasteiger partial charge is 0.252 e. The minimum atomic E-state index is -0.201. The number of hydrogen-bond acceptors (Lipinski definition) is 3. The summed E-state index contributed by atoms with van der Waals surface area (Å²) in [7, 11) is 0. The third-order valence-electron chi connectivity index (χ3n) is 3.86. The van der Waals surface area contributed by atoms with Crippen molar-refractivity contribution in [1.29, 1.82) is 0 Å². The van der Waals surface area contributed by atoms with E-state index in [0.29, 0.717) is 12.5 Å². The molecule has 0 aliphatic carbocycles. The summed E-state index contributed by atoms with van der Waals surface area (Å²) in [5.74, 6) is 0.692. The molecule has 0 aromatic rings. The molecule has 0 bridgehead atoms. The third kappa shape index (κ3) is 2.23. The van der Waals surface area contributed by atoms with Gasteiger partial charge in [0.05, 0.1) is 0 Å². The van der Waals surface area contributed by atoms with Gasteiger partial charge >= 0.3 is 0 Å². The molecule has 0 radical (unpaired) electrons. The summed E-state index contributed by atoms with van der Waals surface area (Å²) in [5.41, 5.74) is 5.75. The molecule has 2 fully saturated rings. The molecule has 2 aliphatic rings. The van der Waals surface area contributed by atoms with Gasteiger partial charge in [-0.05, 0) is 31.6 Å². The Kier molecular flexibility index (Phi) is 3.82. The topological polar surface area (TPSA) is 55.6 Å². The fraction of sp³-hybridized carbons (Fsp3) is 0.917. The maximum Gasteiger partial charge on any atom is 0.252 e. The van der Waals surface area contributed by atoms with Crippen LogP contribution in [-0.4, -0.2) is 42.6 Å². The van der Waals surface area contributed by atoms with Crippen LogP contribution in [0, 0.1) is 5.92 Å². The average molecular weight is 226 g/mol. The number of carbonyl (C=O) groups is 1. The Morgan fingerprint density at radius 2 is 2.25 bits per heavy atom. The second-order valence-corrected chi connectivity index (χ2v) is 4.96. The van der Waals surface area contributed by atoms with E-state index < -0.39 is 0 Å². The summed E-state index contributed by atoms with van der Waals surface area (Å²) in [5, 5.41) is 0. The van der Waals surface area contributed by atoms with Gasteiger partial charge in [-0.1, -0.05) is 6.92 Å². The van der Waals surface area contributed by atoms with Gasteiger partial charge < -0.3 is 15.4 Å². The van der Waals surface area contributed by atoms with Gasteiger partial charge in [-0.3, -0.25) is 4.79 Å². The number of carbonyl (C=O) groups excluding carboxylic acids is 1. The van der Waals surface area contributed by atoms with Crippen molar-refractivity contribution < 1.29 is 9.53 Å². The summed E-state index contributed by atoms with van der Waals surface area (Å²) in [6.07, 6.45) is 3.93. The zero-order chi connectivity index (χ0) is 11.5. The predicted octanol–water partition coefficient (Wildman–Crippen LogP) is 0.751. The minimum Gasteiger partial charge on any atom is -0.368 e. The lowest BCUT2D eigenvalue weighted by Gasteiger charge is -2.31. The van der Waals surface area contributed by atoms with Crippen molar-refractivity contribution in [3.63, 3.8) is 0 Å². The Labute approximate surface area is 97.1 Å². The molecule has 4 nitrogen and oxygen atoms in total. The Morgan fingerprint density at radius 3 is 2.88 bits per heavy atom. The van der Waals surface area contributed by atoms with E-state index in [1.54, 1.807) is 0 Å². The molecule has 0 saturated carbocycles. The van der Waals surface area contributed by atoms with Crippen LogP contribution in [0.5, 0.6) is 0 Å². The number of amides is 1. The summed E-state index contributed by atoms with van der Waals surface area (Å²) < 4.78 is 5.55. The molecular weight excluding hydrogens is 204 g/mol. The van der Waals surface area contributed by atoms with Crippen LogP contribution in [-0.2, 0) is 9.53 Å². The first-order valence-corrected chi connectivity index (χ1v) is 6.36. The molecule has 92 valence electrons. The highest BCUT2D eigenvalue weighted by Gasteiger charge is 2.37. The molecule has 2 saturated heterocycles. The number of rotatable bonds is 2. The molecule has 3 unspecified atom stereocenters. The molecule has 4 heteroatoms. The second-order valence-electron chi connectivity index (χ2n) is 4.96. The highest BCUT2D eigenvalue weighted by atomic mass is 16.5. The lowest BCUT2D eigenvalue weighted by molar-refractivity contribution is -0.147. The molecule has 0 spiro atoms. The highest BCUT2D eigenvalue weighted by molar-refractivity contribution is 5.81. The van der Waals surface area contributed by atoms with Crippen LogP contribution in [0.3, 0.4) is 0 Å². The molecule has 2 rings (SSSR count). The Bertz CT molecular complexity index is 251. The van der Waals surface area contributed by atoms with E-state index in [1.807, 2.05) is 4.90 Å². The summed E-state index contributed by atoms with van der Waals surface area (Å²) >= 11 is 0. The lowest BCUT2D eigenvalue weighted by Crippen LogP contribution is -2.48. The monoisotopic (exact) mass is 226 g/mol. The van der Waals surface area contributed by atoms with Crippen molar-refractivity contribution in [2.75, 3.05) is 19.7 Å². The molecule has 1 amide bonds. The van der Waals surface area contributed by atoms with Crippen LogP contribution in [0.1, 0.15) is 32.6 Å². The minimum absolute atomic E-state index is 0.166. The largest absolute Gasteiger partial charge is 0.368 e. The molecule has 16 heavy (non-hydrogen) atoms. The second kappa shape index (κ2) is 5.15. The standard InChI is InChI=1S/C12H22N2O2/c1-9-5-6-14(10(9)8-13)12(15)11-4-2-3-7-16-11/h9-11H,2-8,13H2,1H3. The molecular formula is C12H22N2O2. The first kappa shape index (κ1) is 11.9. The van der Waals surface area contributed by atoms with Crippen molar-refractivity contribution in [2.24, 2.45) is 11.7 Å². The predicted molar refractivity (Wildman–Crippen MR) is 61.9 cm³/mol. The Balaban J connectivity index is 1.97. The number of likely N-dealkylation sites (tertiary alicyclic amines) is 1. The number of nitrogens with two attached hydrogens (primary N) is 1. The van der Waals surface area contributed by atoms with Crippen molar-refractivity contribution in [1.82, 2.24) is 4.90 Å². The number of hydrogen-bond donors (Lipinski definition) is 1. The van der Waals surface area contributed by atoms with Gasteiger partial charge in [0.1, 0.15) is 6.10 Å². The van der Waals surface area contributed by atoms with Crippen LogP contribution in [0.4, 0.5) is 0 Å². The van der Waals surface area contributed by atoms with Gasteiger partial charge in [0.15, 0.2) is 0 Å². The summed E-state index contributed by atoms with van der Waals surface area (Å²) in [6.45, 7) is 4.32. The van der Waals surface area contributed by atoms with E-state index in [9.17, 15) is 4.79 Å². The van der Waals surface area contributed by atoms with E-state index in [2.05, 4.69) is 6.92 Å². The summed E-state index contributed by atoms with van der Waals surface area (Å²) in [4.78, 5) is 14.2. The lowest BCUT2D eigenvalue weighted by atomic mass is 10.0. The molecule has 2 heterocycles. The molecule has 2 aliphatic heterocycles. The van der Waals surface area contributed by atoms with Crippen molar-refractivity contribution >= 4 is 5.91 Å². The van der Waals surface area contributed by atoms with Crippen LogP contribution < -0.4 is 5.73 Å². The SMILES string of the molecule is CC1CCN(C(=O)C2CCCCO2)C1CN.